The number of methoxy groups -OCH3 is 1. The molecule has 3 rings (SSSR count). The van der Waals surface area contributed by atoms with Gasteiger partial charge in [-0.05, 0) is 72.3 Å². The maximum absolute atomic E-state index is 13.1. The summed E-state index contributed by atoms with van der Waals surface area (Å²) in [6.07, 6.45) is 1.29. The molecule has 0 saturated heterocycles. The fourth-order valence-corrected chi connectivity index (χ4v) is 3.36. The first kappa shape index (κ1) is 25.1. The van der Waals surface area contributed by atoms with Crippen molar-refractivity contribution in [3.8, 4) is 17.6 Å². The lowest BCUT2D eigenvalue weighted by atomic mass is 10.1. The summed E-state index contributed by atoms with van der Waals surface area (Å²) < 4.78 is 46.3. The minimum Gasteiger partial charge on any atom is -0.493 e. The smallest absolute Gasteiger partial charge is 0.343 e. The molecule has 178 valence electrons. The number of benzene rings is 3. The number of hydrogen-bond donors (Lipinski definition) is 2. The highest BCUT2D eigenvalue weighted by Gasteiger charge is 2.15. The fraction of sp³-hybridized carbons (Fsp3) is 0.0417. The molecule has 0 heterocycles. The molecule has 0 spiro atoms. The summed E-state index contributed by atoms with van der Waals surface area (Å²) in [6.45, 7) is 0. The van der Waals surface area contributed by atoms with Crippen LogP contribution in [0.4, 0.5) is 10.1 Å². The van der Waals surface area contributed by atoms with Crippen molar-refractivity contribution < 1.29 is 31.9 Å². The van der Waals surface area contributed by atoms with Crippen LogP contribution < -0.4 is 19.9 Å². The van der Waals surface area contributed by atoms with Gasteiger partial charge in [-0.15, -0.1) is 0 Å². The number of carbonyl (C=O) groups is 2. The molecule has 1 amide bonds. The molecule has 11 heteroatoms. The highest BCUT2D eigenvalue weighted by Crippen LogP contribution is 2.30. The van der Waals surface area contributed by atoms with E-state index in [0.29, 0.717) is 5.56 Å². The number of anilines is 1. The lowest BCUT2D eigenvalue weighted by molar-refractivity contribution is -0.112. The highest BCUT2D eigenvalue weighted by atomic mass is 32.2. The maximum Gasteiger partial charge on any atom is 0.343 e. The van der Waals surface area contributed by atoms with Crippen LogP contribution in [0.1, 0.15) is 15.9 Å². The summed E-state index contributed by atoms with van der Waals surface area (Å²) in [5.41, 5.74) is 0.542. The molecule has 0 aliphatic heterocycles. The van der Waals surface area contributed by atoms with Gasteiger partial charge in [-0.2, -0.15) is 5.26 Å². The molecular formula is C24H18FN3O6S. The van der Waals surface area contributed by atoms with Crippen molar-refractivity contribution in [3.63, 3.8) is 0 Å². The van der Waals surface area contributed by atoms with Crippen LogP contribution in [0.15, 0.2) is 77.2 Å². The summed E-state index contributed by atoms with van der Waals surface area (Å²) in [6, 6.07) is 16.1. The van der Waals surface area contributed by atoms with E-state index in [1.165, 1.54) is 67.8 Å². The lowest BCUT2D eigenvalue weighted by Gasteiger charge is -2.10. The first-order valence-corrected chi connectivity index (χ1v) is 11.4. The van der Waals surface area contributed by atoms with E-state index in [4.69, 9.17) is 14.6 Å². The Morgan fingerprint density at radius 1 is 1.03 bits per heavy atom. The molecule has 0 fully saturated rings. The molecule has 0 unspecified atom stereocenters. The fourth-order valence-electron chi connectivity index (χ4n) is 2.84. The minimum atomic E-state index is -3.88. The number of esters is 1. The third-order valence-electron chi connectivity index (χ3n) is 4.59. The van der Waals surface area contributed by atoms with Crippen molar-refractivity contribution in [3.05, 3.63) is 89.2 Å². The van der Waals surface area contributed by atoms with Gasteiger partial charge in [-0.3, -0.25) is 4.79 Å². The second-order valence-electron chi connectivity index (χ2n) is 7.00. The number of amides is 1. The second kappa shape index (κ2) is 10.6. The standard InChI is InChI=1S/C24H18FN3O6S/c1-33-22-13-15(2-11-21(22)34-24(30)16-3-5-18(25)6-4-16)12-17(14-26)23(29)28-19-7-9-20(10-8-19)35(27,31)32/h2-13H,1H3,(H,28,29)(H2,27,31,32)/b17-12+. The Labute approximate surface area is 200 Å². The Morgan fingerprint density at radius 2 is 1.69 bits per heavy atom. The first-order valence-electron chi connectivity index (χ1n) is 9.82. The van der Waals surface area contributed by atoms with Gasteiger partial charge in [0.1, 0.15) is 17.5 Å². The van der Waals surface area contributed by atoms with Gasteiger partial charge >= 0.3 is 5.97 Å². The number of rotatable bonds is 7. The van der Waals surface area contributed by atoms with E-state index in [-0.39, 0.29) is 33.2 Å². The van der Waals surface area contributed by atoms with Gasteiger partial charge in [0, 0.05) is 5.69 Å². The van der Waals surface area contributed by atoms with E-state index in [9.17, 15) is 27.7 Å². The molecule has 0 aliphatic rings. The van der Waals surface area contributed by atoms with Crippen molar-refractivity contribution >= 4 is 33.7 Å². The number of primary sulfonamides is 1. The molecule has 0 aromatic heterocycles. The first-order chi connectivity index (χ1) is 16.6. The Morgan fingerprint density at radius 3 is 2.26 bits per heavy atom. The van der Waals surface area contributed by atoms with Crippen molar-refractivity contribution in [2.45, 2.75) is 4.90 Å². The Kier molecular flexibility index (Phi) is 7.60. The van der Waals surface area contributed by atoms with Gasteiger partial charge < -0.3 is 14.8 Å². The number of nitrogens with two attached hydrogens (primary N) is 1. The van der Waals surface area contributed by atoms with E-state index in [2.05, 4.69) is 5.32 Å². The maximum atomic E-state index is 13.1. The van der Waals surface area contributed by atoms with Crippen molar-refractivity contribution in [1.82, 2.24) is 0 Å². The van der Waals surface area contributed by atoms with E-state index >= 15 is 0 Å². The van der Waals surface area contributed by atoms with E-state index < -0.39 is 27.7 Å². The average molecular weight is 495 g/mol. The molecule has 3 aromatic carbocycles. The van der Waals surface area contributed by atoms with Crippen molar-refractivity contribution in [1.29, 1.82) is 5.26 Å². The number of carbonyl (C=O) groups excluding carboxylic acids is 2. The zero-order valence-corrected chi connectivity index (χ0v) is 19.0. The monoisotopic (exact) mass is 495 g/mol. The Balaban J connectivity index is 1.77. The predicted molar refractivity (Wildman–Crippen MR) is 124 cm³/mol. The largest absolute Gasteiger partial charge is 0.493 e. The van der Waals surface area contributed by atoms with Crippen molar-refractivity contribution in [2.24, 2.45) is 5.14 Å². The zero-order valence-electron chi connectivity index (χ0n) is 18.2. The van der Waals surface area contributed by atoms with E-state index in [1.54, 1.807) is 6.07 Å². The topological polar surface area (TPSA) is 149 Å². The second-order valence-corrected chi connectivity index (χ2v) is 8.56. The minimum absolute atomic E-state index is 0.0804. The summed E-state index contributed by atoms with van der Waals surface area (Å²) >= 11 is 0. The molecule has 0 aliphatic carbocycles. The summed E-state index contributed by atoms with van der Waals surface area (Å²) in [5.74, 6) is -1.71. The Hall–Kier alpha value is -4.53. The molecule has 9 nitrogen and oxygen atoms in total. The Bertz CT molecular complexity index is 1440. The molecule has 3 N–H and O–H groups in total. The van der Waals surface area contributed by atoms with Crippen LogP contribution in [0, 0.1) is 17.1 Å². The van der Waals surface area contributed by atoms with Crippen LogP contribution in [0.2, 0.25) is 0 Å². The molecule has 0 atom stereocenters. The van der Waals surface area contributed by atoms with E-state index in [1.807, 2.05) is 0 Å². The molecule has 0 saturated carbocycles. The quantitative estimate of drug-likeness (QED) is 0.221. The van der Waals surface area contributed by atoms with Gasteiger partial charge in [0.2, 0.25) is 10.0 Å². The highest BCUT2D eigenvalue weighted by molar-refractivity contribution is 7.89. The number of sulfonamides is 1. The number of halogens is 1. The van der Waals surface area contributed by atoms with Crippen molar-refractivity contribution in [2.75, 3.05) is 12.4 Å². The number of nitrogens with one attached hydrogen (secondary N) is 1. The summed E-state index contributed by atoms with van der Waals surface area (Å²) in [4.78, 5) is 24.7. The molecule has 0 radical (unpaired) electrons. The normalized spacial score (nSPS) is 11.3. The van der Waals surface area contributed by atoms with Crippen LogP contribution in [-0.2, 0) is 14.8 Å². The SMILES string of the molecule is COc1cc(/C=C(\C#N)C(=O)Nc2ccc(S(N)(=O)=O)cc2)ccc1OC(=O)c1ccc(F)cc1. The van der Waals surface area contributed by atoms with Crippen LogP contribution >= 0.6 is 0 Å². The summed E-state index contributed by atoms with van der Waals surface area (Å²) in [7, 11) is -2.53. The van der Waals surface area contributed by atoms with Crippen LogP contribution in [0.25, 0.3) is 6.08 Å². The third kappa shape index (κ3) is 6.50. The van der Waals surface area contributed by atoms with Gasteiger partial charge in [0.15, 0.2) is 11.5 Å². The third-order valence-corrected chi connectivity index (χ3v) is 5.52. The van der Waals surface area contributed by atoms with Gasteiger partial charge in [-0.1, -0.05) is 6.07 Å². The molecular weight excluding hydrogens is 477 g/mol. The lowest BCUT2D eigenvalue weighted by Crippen LogP contribution is -2.14. The van der Waals surface area contributed by atoms with Gasteiger partial charge in [0.25, 0.3) is 5.91 Å². The number of nitriles is 1. The number of hydrogen-bond acceptors (Lipinski definition) is 7. The number of nitrogens with zero attached hydrogens (tertiary/aromatic N) is 1. The van der Waals surface area contributed by atoms with Crippen LogP contribution in [0.5, 0.6) is 11.5 Å². The van der Waals surface area contributed by atoms with Crippen LogP contribution in [0.3, 0.4) is 0 Å². The van der Waals surface area contributed by atoms with Gasteiger partial charge in [0.05, 0.1) is 17.6 Å². The van der Waals surface area contributed by atoms with Crippen LogP contribution in [-0.4, -0.2) is 27.4 Å². The average Bonchev–Trinajstić information content (AvgIpc) is 2.83. The molecule has 35 heavy (non-hydrogen) atoms. The molecule has 0 bridgehead atoms. The predicted octanol–water partition coefficient (Wildman–Crippen LogP) is 3.25. The van der Waals surface area contributed by atoms with E-state index in [0.717, 1.165) is 12.1 Å². The number of ether oxygens (including phenoxy) is 2. The van der Waals surface area contributed by atoms with Gasteiger partial charge in [-0.25, -0.2) is 22.7 Å². The zero-order chi connectivity index (χ0) is 25.6. The summed E-state index contributed by atoms with van der Waals surface area (Å²) in [5, 5.41) is 17.0. The molecule has 3 aromatic rings.